The summed E-state index contributed by atoms with van der Waals surface area (Å²) in [6.07, 6.45) is -8.09. The maximum atomic E-state index is 12.8. The average molecular weight is 284 g/mol. The van der Waals surface area contributed by atoms with Crippen LogP contribution in [-0.4, -0.2) is 17.6 Å². The van der Waals surface area contributed by atoms with Crippen molar-refractivity contribution in [2.45, 2.75) is 19.5 Å². The Morgan fingerprint density at radius 3 is 2.47 bits per heavy atom. The molecular weight excluding hydrogens is 275 g/mol. The van der Waals surface area contributed by atoms with Crippen molar-refractivity contribution in [3.63, 3.8) is 0 Å². The highest BCUT2D eigenvalue weighted by molar-refractivity contribution is 5.91. The van der Waals surface area contributed by atoms with E-state index in [4.69, 9.17) is 5.73 Å². The highest BCUT2D eigenvalue weighted by Crippen LogP contribution is 2.38. The predicted molar refractivity (Wildman–Crippen MR) is 54.6 cm³/mol. The standard InChI is InChI=1S/C10H9F5N2O2/c1-2-19-9(18)7-5(8(11)12)6(16)4(3-17-7)10(13,14)15/h3,8H,2H2,1H3,(H2,16,17). The van der Waals surface area contributed by atoms with Crippen molar-refractivity contribution in [1.82, 2.24) is 4.98 Å². The van der Waals surface area contributed by atoms with E-state index in [1.807, 2.05) is 0 Å². The molecule has 0 saturated heterocycles. The molecule has 4 nitrogen and oxygen atoms in total. The molecule has 0 saturated carbocycles. The lowest BCUT2D eigenvalue weighted by Gasteiger charge is -2.15. The minimum absolute atomic E-state index is 0.135. The van der Waals surface area contributed by atoms with Crippen LogP contribution < -0.4 is 5.73 Å². The van der Waals surface area contributed by atoms with Crippen LogP contribution in [0.3, 0.4) is 0 Å². The van der Waals surface area contributed by atoms with E-state index in [1.165, 1.54) is 6.92 Å². The van der Waals surface area contributed by atoms with Crippen LogP contribution in [0, 0.1) is 0 Å². The minimum atomic E-state index is -4.94. The second-order valence-corrected chi connectivity index (χ2v) is 3.37. The van der Waals surface area contributed by atoms with Gasteiger partial charge >= 0.3 is 12.1 Å². The smallest absolute Gasteiger partial charge is 0.419 e. The van der Waals surface area contributed by atoms with Gasteiger partial charge in [-0.3, -0.25) is 0 Å². The van der Waals surface area contributed by atoms with Crippen LogP contribution in [0.1, 0.15) is 35.0 Å². The number of rotatable bonds is 3. The fraction of sp³-hybridized carbons (Fsp3) is 0.400. The lowest BCUT2D eigenvalue weighted by molar-refractivity contribution is -0.137. The lowest BCUT2D eigenvalue weighted by Crippen LogP contribution is -2.18. The first-order valence-electron chi connectivity index (χ1n) is 5.01. The van der Waals surface area contributed by atoms with Crippen LogP contribution in [0.15, 0.2) is 6.20 Å². The Kier molecular flexibility index (Phi) is 4.28. The highest BCUT2D eigenvalue weighted by atomic mass is 19.4. The summed E-state index contributed by atoms with van der Waals surface area (Å²) in [5.74, 6) is -1.25. The molecule has 0 bridgehead atoms. The summed E-state index contributed by atoms with van der Waals surface area (Å²) in [5, 5.41) is 0. The zero-order valence-corrected chi connectivity index (χ0v) is 9.59. The van der Waals surface area contributed by atoms with Gasteiger partial charge in [-0.2, -0.15) is 13.2 Å². The molecular formula is C10H9F5N2O2. The molecule has 0 fully saturated rings. The molecule has 0 amide bonds. The van der Waals surface area contributed by atoms with Crippen molar-refractivity contribution < 1.29 is 31.5 Å². The fourth-order valence-electron chi connectivity index (χ4n) is 1.35. The minimum Gasteiger partial charge on any atom is -0.461 e. The number of hydrogen-bond acceptors (Lipinski definition) is 4. The largest absolute Gasteiger partial charge is 0.461 e. The molecule has 1 aromatic rings. The highest BCUT2D eigenvalue weighted by Gasteiger charge is 2.37. The molecule has 0 radical (unpaired) electrons. The molecule has 1 aromatic heterocycles. The number of pyridine rings is 1. The number of esters is 1. The molecule has 1 heterocycles. The van der Waals surface area contributed by atoms with Crippen LogP contribution >= 0.6 is 0 Å². The number of alkyl halides is 5. The van der Waals surface area contributed by atoms with Crippen molar-refractivity contribution in [2.75, 3.05) is 12.3 Å². The number of carbonyl (C=O) groups excluding carboxylic acids is 1. The van der Waals surface area contributed by atoms with E-state index in [0.717, 1.165) is 0 Å². The van der Waals surface area contributed by atoms with Crippen LogP contribution in [0.2, 0.25) is 0 Å². The monoisotopic (exact) mass is 284 g/mol. The molecule has 0 aliphatic carbocycles. The maximum Gasteiger partial charge on any atom is 0.419 e. The summed E-state index contributed by atoms with van der Waals surface area (Å²) in [4.78, 5) is 14.4. The first-order chi connectivity index (χ1) is 8.70. The first kappa shape index (κ1) is 15.1. The van der Waals surface area contributed by atoms with E-state index in [-0.39, 0.29) is 12.8 Å². The summed E-state index contributed by atoms with van der Waals surface area (Å²) < 4.78 is 67.4. The molecule has 0 aromatic carbocycles. The Balaban J connectivity index is 3.45. The maximum absolute atomic E-state index is 12.8. The van der Waals surface area contributed by atoms with Crippen molar-refractivity contribution in [3.8, 4) is 0 Å². The molecule has 0 aliphatic heterocycles. The predicted octanol–water partition coefficient (Wildman–Crippen LogP) is 2.80. The number of nitrogen functional groups attached to an aromatic ring is 1. The van der Waals surface area contributed by atoms with E-state index in [0.29, 0.717) is 0 Å². The van der Waals surface area contributed by atoms with Crippen LogP contribution in [0.25, 0.3) is 0 Å². The Hall–Kier alpha value is -1.93. The molecule has 0 unspecified atom stereocenters. The Morgan fingerprint density at radius 2 is 2.05 bits per heavy atom. The molecule has 0 aliphatic rings. The van der Waals surface area contributed by atoms with Crippen molar-refractivity contribution in [1.29, 1.82) is 0 Å². The van der Waals surface area contributed by atoms with Crippen LogP contribution in [-0.2, 0) is 10.9 Å². The lowest BCUT2D eigenvalue weighted by atomic mass is 10.1. The van der Waals surface area contributed by atoms with Gasteiger partial charge in [-0.25, -0.2) is 18.6 Å². The Morgan fingerprint density at radius 1 is 1.47 bits per heavy atom. The van der Waals surface area contributed by atoms with Crippen molar-refractivity contribution in [3.05, 3.63) is 23.0 Å². The normalized spacial score (nSPS) is 11.7. The number of carbonyl (C=O) groups is 1. The summed E-state index contributed by atoms with van der Waals surface area (Å²) in [5.41, 5.74) is 0.133. The summed E-state index contributed by atoms with van der Waals surface area (Å²) in [7, 11) is 0. The van der Waals surface area contributed by atoms with E-state index in [9.17, 15) is 26.7 Å². The second kappa shape index (κ2) is 5.37. The number of hydrogen-bond donors (Lipinski definition) is 1. The number of ether oxygens (including phenoxy) is 1. The number of nitrogens with two attached hydrogens (primary N) is 1. The first-order valence-corrected chi connectivity index (χ1v) is 5.01. The molecule has 0 spiro atoms. The van der Waals surface area contributed by atoms with E-state index in [2.05, 4.69) is 9.72 Å². The number of anilines is 1. The zero-order chi connectivity index (χ0) is 14.8. The van der Waals surface area contributed by atoms with E-state index < -0.39 is 41.1 Å². The van der Waals surface area contributed by atoms with Gasteiger partial charge in [0.25, 0.3) is 6.43 Å². The summed E-state index contributed by atoms with van der Waals surface area (Å²) >= 11 is 0. The molecule has 0 atom stereocenters. The van der Waals surface area contributed by atoms with Gasteiger partial charge in [0, 0.05) is 6.20 Å². The Labute approximate surface area is 104 Å². The second-order valence-electron chi connectivity index (χ2n) is 3.37. The summed E-state index contributed by atoms with van der Waals surface area (Å²) in [6.45, 7) is 1.28. The summed E-state index contributed by atoms with van der Waals surface area (Å²) in [6, 6.07) is 0. The van der Waals surface area contributed by atoms with Gasteiger partial charge < -0.3 is 10.5 Å². The van der Waals surface area contributed by atoms with Crippen molar-refractivity contribution in [2.24, 2.45) is 0 Å². The fourth-order valence-corrected chi connectivity index (χ4v) is 1.35. The zero-order valence-electron chi connectivity index (χ0n) is 9.59. The average Bonchev–Trinajstić information content (AvgIpc) is 2.26. The van der Waals surface area contributed by atoms with Crippen LogP contribution in [0.4, 0.5) is 27.6 Å². The number of halogens is 5. The molecule has 106 valence electrons. The third-order valence-electron chi connectivity index (χ3n) is 2.15. The molecule has 19 heavy (non-hydrogen) atoms. The van der Waals surface area contributed by atoms with Gasteiger partial charge in [-0.05, 0) is 6.92 Å². The number of aromatic nitrogens is 1. The van der Waals surface area contributed by atoms with Gasteiger partial charge in [-0.15, -0.1) is 0 Å². The molecule has 2 N–H and O–H groups in total. The van der Waals surface area contributed by atoms with Gasteiger partial charge in [0.05, 0.1) is 23.4 Å². The SMILES string of the molecule is CCOC(=O)c1ncc(C(F)(F)F)c(N)c1C(F)F. The Bertz CT molecular complexity index is 488. The third-order valence-corrected chi connectivity index (χ3v) is 2.15. The topological polar surface area (TPSA) is 65.2 Å². The van der Waals surface area contributed by atoms with Gasteiger partial charge in [0.15, 0.2) is 5.69 Å². The van der Waals surface area contributed by atoms with Crippen LogP contribution in [0.5, 0.6) is 0 Å². The number of nitrogens with zero attached hydrogens (tertiary/aromatic N) is 1. The van der Waals surface area contributed by atoms with E-state index in [1.54, 1.807) is 0 Å². The van der Waals surface area contributed by atoms with Gasteiger partial charge in [0.1, 0.15) is 0 Å². The quantitative estimate of drug-likeness (QED) is 0.684. The van der Waals surface area contributed by atoms with Gasteiger partial charge in [0.2, 0.25) is 0 Å². The molecule has 9 heteroatoms. The van der Waals surface area contributed by atoms with Gasteiger partial charge in [-0.1, -0.05) is 0 Å². The van der Waals surface area contributed by atoms with Crippen molar-refractivity contribution >= 4 is 11.7 Å². The molecule has 1 rings (SSSR count). The third kappa shape index (κ3) is 3.09. The van der Waals surface area contributed by atoms with E-state index >= 15 is 0 Å².